The minimum atomic E-state index is -1.46. The molecule has 37 heavy (non-hydrogen) atoms. The van der Waals surface area contributed by atoms with Crippen molar-refractivity contribution in [3.8, 4) is 11.4 Å². The minimum Gasteiger partial charge on any atom is -0.494 e. The van der Waals surface area contributed by atoms with E-state index in [0.717, 1.165) is 5.69 Å². The fraction of sp³-hybridized carbons (Fsp3) is 0.250. The molecule has 2 atom stereocenters. The van der Waals surface area contributed by atoms with Gasteiger partial charge in [0.1, 0.15) is 11.4 Å². The highest BCUT2D eigenvalue weighted by Gasteiger charge is 2.64. The molecule has 188 valence electrons. The van der Waals surface area contributed by atoms with Crippen molar-refractivity contribution in [2.45, 2.75) is 37.1 Å². The predicted octanol–water partition coefficient (Wildman–Crippen LogP) is 5.46. The van der Waals surface area contributed by atoms with Gasteiger partial charge in [-0.3, -0.25) is 14.5 Å². The maximum atomic E-state index is 14.3. The van der Waals surface area contributed by atoms with Crippen LogP contribution in [0.3, 0.4) is 0 Å². The van der Waals surface area contributed by atoms with Gasteiger partial charge in [-0.15, -0.1) is 11.6 Å². The van der Waals surface area contributed by atoms with Gasteiger partial charge in [0.15, 0.2) is 11.2 Å². The molecular weight excluding hydrogens is 511 g/mol. The highest BCUT2D eigenvalue weighted by molar-refractivity contribution is 6.31. The highest BCUT2D eigenvalue weighted by atomic mass is 35.5. The van der Waals surface area contributed by atoms with Gasteiger partial charge >= 0.3 is 0 Å². The molecule has 1 aromatic heterocycles. The monoisotopic (exact) mass is 534 g/mol. The molecule has 2 aliphatic heterocycles. The molecule has 0 radical (unpaired) electrons. The number of allylic oxidation sites excluding steroid dienone is 2. The molecule has 3 aliphatic rings. The summed E-state index contributed by atoms with van der Waals surface area (Å²) in [5, 5.41) is 8.09. The van der Waals surface area contributed by atoms with E-state index >= 15 is 0 Å². The number of ether oxygens (including phenoxy) is 1. The van der Waals surface area contributed by atoms with Crippen LogP contribution >= 0.6 is 23.2 Å². The van der Waals surface area contributed by atoms with Crippen LogP contribution < -0.4 is 15.0 Å². The van der Waals surface area contributed by atoms with Gasteiger partial charge in [-0.05, 0) is 36.2 Å². The number of carbonyl (C=O) groups excluding carboxylic acids is 2. The molecule has 3 aromatic rings. The van der Waals surface area contributed by atoms with Crippen LogP contribution in [0.1, 0.15) is 47.9 Å². The van der Waals surface area contributed by atoms with Crippen LogP contribution in [-0.2, 0) is 10.3 Å². The van der Waals surface area contributed by atoms with Crippen LogP contribution in [-0.4, -0.2) is 34.1 Å². The number of nitrogens with zero attached hydrogens (tertiary/aromatic N) is 3. The van der Waals surface area contributed by atoms with Gasteiger partial charge in [-0.1, -0.05) is 55.8 Å². The average molecular weight is 535 g/mol. The lowest BCUT2D eigenvalue weighted by Crippen LogP contribution is -2.52. The molecule has 9 heteroatoms. The number of fused-ring (bicyclic) bond motifs is 3. The number of anilines is 1. The number of aromatic nitrogens is 2. The van der Waals surface area contributed by atoms with Crippen molar-refractivity contribution in [3.05, 3.63) is 93.9 Å². The standard InChI is InChI=1S/C28H24Cl2N4O3/c1-15(2)25-23-24(32-34(25)21-9-4-5-10-22(21)37-3)26(35)33(18-8-6-7-16(29)13-18)28(23)19-12-11-17(30)14-20(19)31-27(28)36/h4-13,15,17H,14H2,1-3H3,(H,31,36). The molecule has 3 heterocycles. The number of halogens is 2. The average Bonchev–Trinajstić information content (AvgIpc) is 3.48. The van der Waals surface area contributed by atoms with Crippen molar-refractivity contribution in [3.63, 3.8) is 0 Å². The summed E-state index contributed by atoms with van der Waals surface area (Å²) in [5.41, 5.74) is 2.69. The van der Waals surface area contributed by atoms with E-state index in [-0.39, 0.29) is 28.8 Å². The number of nitrogens with one attached hydrogen (secondary N) is 1. The van der Waals surface area contributed by atoms with E-state index in [2.05, 4.69) is 5.32 Å². The van der Waals surface area contributed by atoms with E-state index in [9.17, 15) is 9.59 Å². The molecule has 1 aliphatic carbocycles. The van der Waals surface area contributed by atoms with Crippen molar-refractivity contribution in [1.82, 2.24) is 15.1 Å². The number of alkyl halides is 1. The lowest BCUT2D eigenvalue weighted by atomic mass is 9.79. The van der Waals surface area contributed by atoms with E-state index < -0.39 is 5.54 Å². The number of carbonyl (C=O) groups is 2. The molecule has 0 saturated heterocycles. The Kier molecular flexibility index (Phi) is 5.47. The van der Waals surface area contributed by atoms with E-state index in [1.54, 1.807) is 36.1 Å². The van der Waals surface area contributed by atoms with Gasteiger partial charge < -0.3 is 10.1 Å². The van der Waals surface area contributed by atoms with Crippen LogP contribution in [0.15, 0.2) is 72.0 Å². The summed E-state index contributed by atoms with van der Waals surface area (Å²) in [4.78, 5) is 30.0. The fourth-order valence-electron chi connectivity index (χ4n) is 5.71. The van der Waals surface area contributed by atoms with E-state index in [4.69, 9.17) is 33.0 Å². The summed E-state index contributed by atoms with van der Waals surface area (Å²) in [5.74, 6) is -0.174. The van der Waals surface area contributed by atoms with Crippen LogP contribution in [0.5, 0.6) is 5.75 Å². The molecule has 0 bridgehead atoms. The summed E-state index contributed by atoms with van der Waals surface area (Å²) in [7, 11) is 1.59. The SMILES string of the molecule is COc1ccccc1-n1nc2c(c1C(C)C)C1(C(=O)NC3=C1C=CC(Cl)C3)N(c1cccc(Cl)c1)C2=O. The van der Waals surface area contributed by atoms with Gasteiger partial charge in [-0.25, -0.2) is 4.68 Å². The quantitative estimate of drug-likeness (QED) is 0.450. The zero-order valence-corrected chi connectivity index (χ0v) is 22.0. The number of methoxy groups -OCH3 is 1. The number of hydrogen-bond acceptors (Lipinski definition) is 4. The van der Waals surface area contributed by atoms with Crippen molar-refractivity contribution in [1.29, 1.82) is 0 Å². The largest absolute Gasteiger partial charge is 0.494 e. The Labute approximate surface area is 224 Å². The third-order valence-electron chi connectivity index (χ3n) is 7.13. The first-order valence-corrected chi connectivity index (χ1v) is 12.8. The molecule has 6 rings (SSSR count). The molecule has 2 unspecified atom stereocenters. The third kappa shape index (κ3) is 3.23. The van der Waals surface area contributed by atoms with Gasteiger partial charge in [0, 0.05) is 34.0 Å². The summed E-state index contributed by atoms with van der Waals surface area (Å²) < 4.78 is 7.36. The van der Waals surface area contributed by atoms with Gasteiger partial charge in [0.2, 0.25) is 0 Å². The fourth-order valence-corrected chi connectivity index (χ4v) is 6.12. The molecule has 7 nitrogen and oxygen atoms in total. The molecule has 2 amide bonds. The maximum Gasteiger partial charge on any atom is 0.280 e. The van der Waals surface area contributed by atoms with Gasteiger partial charge in [0.05, 0.1) is 18.2 Å². The number of para-hydroxylation sites is 2. The second kappa shape index (κ2) is 8.50. The van der Waals surface area contributed by atoms with E-state index in [1.807, 2.05) is 50.3 Å². The third-order valence-corrected chi connectivity index (χ3v) is 7.66. The number of rotatable bonds is 4. The molecule has 0 fully saturated rings. The van der Waals surface area contributed by atoms with Crippen molar-refractivity contribution in [2.24, 2.45) is 0 Å². The Morgan fingerprint density at radius 1 is 1.16 bits per heavy atom. The van der Waals surface area contributed by atoms with Crippen LogP contribution in [0, 0.1) is 0 Å². The van der Waals surface area contributed by atoms with Crippen LogP contribution in [0.4, 0.5) is 5.69 Å². The lowest BCUT2D eigenvalue weighted by molar-refractivity contribution is -0.123. The summed E-state index contributed by atoms with van der Waals surface area (Å²) in [6.07, 6.45) is 4.17. The summed E-state index contributed by atoms with van der Waals surface area (Å²) in [6.45, 7) is 4.05. The van der Waals surface area contributed by atoms with Crippen molar-refractivity contribution >= 4 is 40.7 Å². The summed E-state index contributed by atoms with van der Waals surface area (Å²) >= 11 is 12.8. The highest BCUT2D eigenvalue weighted by Crippen LogP contribution is 2.54. The lowest BCUT2D eigenvalue weighted by Gasteiger charge is -2.36. The Bertz CT molecular complexity index is 1540. The molecule has 2 aromatic carbocycles. The number of benzene rings is 2. The van der Waals surface area contributed by atoms with Gasteiger partial charge in [-0.2, -0.15) is 5.10 Å². The first-order valence-electron chi connectivity index (χ1n) is 12.0. The molecule has 1 spiro atoms. The van der Waals surface area contributed by atoms with Gasteiger partial charge in [0.25, 0.3) is 11.8 Å². The van der Waals surface area contributed by atoms with E-state index in [0.29, 0.717) is 45.4 Å². The Morgan fingerprint density at radius 3 is 2.68 bits per heavy atom. The number of amides is 2. The maximum absolute atomic E-state index is 14.3. The zero-order valence-electron chi connectivity index (χ0n) is 20.5. The second-order valence-electron chi connectivity index (χ2n) is 9.60. The zero-order chi connectivity index (χ0) is 26.1. The second-order valence-corrected chi connectivity index (χ2v) is 10.6. The predicted molar refractivity (Wildman–Crippen MR) is 143 cm³/mol. The molecule has 0 saturated carbocycles. The molecular formula is C28H24Cl2N4O3. The Balaban J connectivity index is 1.71. The minimum absolute atomic E-state index is 0.0871. The number of hydrogen-bond donors (Lipinski definition) is 1. The first kappa shape index (κ1) is 23.8. The normalized spacial score (nSPS) is 22.2. The smallest absolute Gasteiger partial charge is 0.280 e. The van der Waals surface area contributed by atoms with E-state index in [1.165, 1.54) is 4.90 Å². The van der Waals surface area contributed by atoms with Crippen molar-refractivity contribution in [2.75, 3.05) is 12.0 Å². The first-order chi connectivity index (χ1) is 17.8. The molecule has 1 N–H and O–H groups in total. The Hall–Kier alpha value is -3.55. The topological polar surface area (TPSA) is 76.5 Å². The summed E-state index contributed by atoms with van der Waals surface area (Å²) in [6, 6.07) is 14.5. The Morgan fingerprint density at radius 2 is 1.95 bits per heavy atom. The van der Waals surface area contributed by atoms with Crippen LogP contribution in [0.25, 0.3) is 5.69 Å². The van der Waals surface area contributed by atoms with Crippen LogP contribution in [0.2, 0.25) is 5.02 Å². The van der Waals surface area contributed by atoms with Crippen molar-refractivity contribution < 1.29 is 14.3 Å².